The number of unbranched alkanes of at least 4 members (excludes halogenated alkanes) is 3. The second-order valence-corrected chi connectivity index (χ2v) is 5.79. The minimum absolute atomic E-state index is 0.197. The molecule has 0 saturated heterocycles. The molecular weight excluding hydrogens is 289 g/mol. The van der Waals surface area contributed by atoms with Gasteiger partial charge in [0.05, 0.1) is 6.61 Å². The Bertz CT molecular complexity index is 568. The fourth-order valence-electron chi connectivity index (χ4n) is 2.42. The highest BCUT2D eigenvalue weighted by Crippen LogP contribution is 2.14. The zero-order valence-corrected chi connectivity index (χ0v) is 13.9. The lowest BCUT2D eigenvalue weighted by atomic mass is 10.2. The summed E-state index contributed by atoms with van der Waals surface area (Å²) in [5.41, 5.74) is 2.27. The average Bonchev–Trinajstić information content (AvgIpc) is 2.57. The van der Waals surface area contributed by atoms with Crippen molar-refractivity contribution in [3.8, 4) is 5.75 Å². The van der Waals surface area contributed by atoms with Gasteiger partial charge in [0.2, 0.25) is 0 Å². The zero-order valence-electron chi connectivity index (χ0n) is 13.9. The van der Waals surface area contributed by atoms with E-state index in [0.29, 0.717) is 0 Å². The molecule has 2 nitrogen and oxygen atoms in total. The van der Waals surface area contributed by atoms with Gasteiger partial charge < -0.3 is 10.1 Å². The molecule has 2 rings (SSSR count). The van der Waals surface area contributed by atoms with E-state index < -0.39 is 0 Å². The largest absolute Gasteiger partial charge is 0.494 e. The lowest BCUT2D eigenvalue weighted by Crippen LogP contribution is -2.12. The quantitative estimate of drug-likeness (QED) is 0.618. The number of nitrogens with one attached hydrogen (secondary N) is 1. The Morgan fingerprint density at radius 2 is 1.70 bits per heavy atom. The Labute approximate surface area is 138 Å². The fourth-order valence-corrected chi connectivity index (χ4v) is 2.42. The molecule has 23 heavy (non-hydrogen) atoms. The van der Waals surface area contributed by atoms with Crippen molar-refractivity contribution < 1.29 is 9.13 Å². The first-order valence-corrected chi connectivity index (χ1v) is 8.45. The van der Waals surface area contributed by atoms with Crippen LogP contribution in [0.4, 0.5) is 4.39 Å². The van der Waals surface area contributed by atoms with Gasteiger partial charge in [-0.25, -0.2) is 4.39 Å². The van der Waals surface area contributed by atoms with Crippen LogP contribution in [-0.2, 0) is 13.1 Å². The van der Waals surface area contributed by atoms with E-state index in [1.165, 1.54) is 37.0 Å². The van der Waals surface area contributed by atoms with Gasteiger partial charge in [-0.05, 0) is 41.8 Å². The topological polar surface area (TPSA) is 21.3 Å². The number of rotatable bonds is 10. The third-order valence-corrected chi connectivity index (χ3v) is 3.74. The van der Waals surface area contributed by atoms with Gasteiger partial charge in [-0.2, -0.15) is 0 Å². The first-order chi connectivity index (χ1) is 11.3. The summed E-state index contributed by atoms with van der Waals surface area (Å²) >= 11 is 0. The molecule has 0 aliphatic heterocycles. The third kappa shape index (κ3) is 6.83. The van der Waals surface area contributed by atoms with Gasteiger partial charge in [-0.1, -0.05) is 50.5 Å². The number of hydrogen-bond donors (Lipinski definition) is 1. The van der Waals surface area contributed by atoms with E-state index in [1.54, 1.807) is 12.1 Å². The van der Waals surface area contributed by atoms with E-state index in [0.717, 1.165) is 37.4 Å². The van der Waals surface area contributed by atoms with Crippen LogP contribution in [0, 0.1) is 5.82 Å². The molecule has 0 heterocycles. The maximum Gasteiger partial charge on any atom is 0.123 e. The molecule has 0 atom stereocenters. The van der Waals surface area contributed by atoms with E-state index in [9.17, 15) is 4.39 Å². The maximum atomic E-state index is 12.9. The summed E-state index contributed by atoms with van der Waals surface area (Å²) in [7, 11) is 0. The van der Waals surface area contributed by atoms with E-state index in [1.807, 2.05) is 12.1 Å². The Hall–Kier alpha value is -1.87. The van der Waals surface area contributed by atoms with Crippen LogP contribution in [0.3, 0.4) is 0 Å². The molecule has 0 aliphatic carbocycles. The highest BCUT2D eigenvalue weighted by atomic mass is 19.1. The van der Waals surface area contributed by atoms with Crippen molar-refractivity contribution in [2.45, 2.75) is 45.7 Å². The van der Waals surface area contributed by atoms with Gasteiger partial charge in [0.25, 0.3) is 0 Å². The molecule has 1 N–H and O–H groups in total. The van der Waals surface area contributed by atoms with Crippen molar-refractivity contribution in [1.29, 1.82) is 0 Å². The molecule has 124 valence electrons. The molecule has 0 spiro atoms. The van der Waals surface area contributed by atoms with Crippen LogP contribution in [0.25, 0.3) is 0 Å². The van der Waals surface area contributed by atoms with Crippen molar-refractivity contribution in [3.63, 3.8) is 0 Å². The fraction of sp³-hybridized carbons (Fsp3) is 0.400. The summed E-state index contributed by atoms with van der Waals surface area (Å²) in [6.45, 7) is 4.49. The molecule has 0 aliphatic rings. The lowest BCUT2D eigenvalue weighted by molar-refractivity contribution is 0.304. The monoisotopic (exact) mass is 315 g/mol. The molecular formula is C20H26FNO. The summed E-state index contributed by atoms with van der Waals surface area (Å²) < 4.78 is 18.7. The number of hydrogen-bond acceptors (Lipinski definition) is 2. The van der Waals surface area contributed by atoms with Crippen LogP contribution in [-0.4, -0.2) is 6.61 Å². The minimum Gasteiger partial charge on any atom is -0.494 e. The summed E-state index contributed by atoms with van der Waals surface area (Å²) in [6.07, 6.45) is 4.86. The van der Waals surface area contributed by atoms with Crippen molar-refractivity contribution in [2.75, 3.05) is 6.61 Å². The van der Waals surface area contributed by atoms with Crippen LogP contribution >= 0.6 is 0 Å². The standard InChI is InChI=1S/C20H26FNO/c1-2-3-4-5-13-23-20-8-6-7-18(14-20)16-22-15-17-9-11-19(21)12-10-17/h6-12,14,22H,2-5,13,15-16H2,1H3. The van der Waals surface area contributed by atoms with Crippen LogP contribution < -0.4 is 10.1 Å². The van der Waals surface area contributed by atoms with E-state index >= 15 is 0 Å². The van der Waals surface area contributed by atoms with E-state index in [4.69, 9.17) is 4.74 Å². The molecule has 0 aromatic heterocycles. The van der Waals surface area contributed by atoms with E-state index in [-0.39, 0.29) is 5.82 Å². The van der Waals surface area contributed by atoms with Gasteiger partial charge >= 0.3 is 0 Å². The second kappa shape index (κ2) is 10.0. The molecule has 2 aromatic rings. The second-order valence-electron chi connectivity index (χ2n) is 5.79. The summed E-state index contributed by atoms with van der Waals surface area (Å²) in [6, 6.07) is 14.8. The minimum atomic E-state index is -0.197. The van der Waals surface area contributed by atoms with Crippen LogP contribution in [0.2, 0.25) is 0 Å². The van der Waals surface area contributed by atoms with Gasteiger partial charge in [-0.3, -0.25) is 0 Å². The summed E-state index contributed by atoms with van der Waals surface area (Å²) in [5, 5.41) is 3.37. The molecule has 0 saturated carbocycles. The van der Waals surface area contributed by atoms with E-state index in [2.05, 4.69) is 24.4 Å². The smallest absolute Gasteiger partial charge is 0.123 e. The van der Waals surface area contributed by atoms with Gasteiger partial charge in [0.15, 0.2) is 0 Å². The van der Waals surface area contributed by atoms with Crippen LogP contribution in [0.1, 0.15) is 43.7 Å². The molecule has 0 radical (unpaired) electrons. The number of benzene rings is 2. The molecule has 3 heteroatoms. The average molecular weight is 315 g/mol. The SMILES string of the molecule is CCCCCCOc1cccc(CNCc2ccc(F)cc2)c1. The van der Waals surface area contributed by atoms with Crippen molar-refractivity contribution >= 4 is 0 Å². The predicted octanol–water partition coefficient (Wildman–Crippen LogP) is 5.07. The first-order valence-electron chi connectivity index (χ1n) is 8.45. The zero-order chi connectivity index (χ0) is 16.3. The summed E-state index contributed by atoms with van der Waals surface area (Å²) in [5.74, 6) is 0.736. The van der Waals surface area contributed by atoms with Crippen molar-refractivity contribution in [2.24, 2.45) is 0 Å². The lowest BCUT2D eigenvalue weighted by Gasteiger charge is -2.09. The Morgan fingerprint density at radius 3 is 2.48 bits per heavy atom. The Kier molecular flexibility index (Phi) is 7.61. The Balaban J connectivity index is 1.72. The van der Waals surface area contributed by atoms with Gasteiger partial charge in [0, 0.05) is 13.1 Å². The molecule has 2 aromatic carbocycles. The number of ether oxygens (including phenoxy) is 1. The molecule has 0 bridgehead atoms. The van der Waals surface area contributed by atoms with Crippen molar-refractivity contribution in [1.82, 2.24) is 5.32 Å². The molecule has 0 unspecified atom stereocenters. The highest BCUT2D eigenvalue weighted by molar-refractivity contribution is 5.28. The maximum absolute atomic E-state index is 12.9. The predicted molar refractivity (Wildman–Crippen MR) is 93.0 cm³/mol. The summed E-state index contributed by atoms with van der Waals surface area (Å²) in [4.78, 5) is 0. The highest BCUT2D eigenvalue weighted by Gasteiger charge is 1.99. The molecule has 0 fully saturated rings. The molecule has 0 amide bonds. The van der Waals surface area contributed by atoms with Crippen LogP contribution in [0.5, 0.6) is 5.75 Å². The normalized spacial score (nSPS) is 10.7. The van der Waals surface area contributed by atoms with Crippen LogP contribution in [0.15, 0.2) is 48.5 Å². The third-order valence-electron chi connectivity index (χ3n) is 3.74. The number of halogens is 1. The van der Waals surface area contributed by atoms with Gasteiger partial charge in [-0.15, -0.1) is 0 Å². The first kappa shape index (κ1) is 17.5. The van der Waals surface area contributed by atoms with Crippen molar-refractivity contribution in [3.05, 3.63) is 65.5 Å². The van der Waals surface area contributed by atoms with Gasteiger partial charge in [0.1, 0.15) is 11.6 Å². The Morgan fingerprint density at radius 1 is 0.913 bits per heavy atom.